The maximum absolute atomic E-state index is 11.1. The van der Waals surface area contributed by atoms with Crippen LogP contribution in [0.5, 0.6) is 0 Å². The van der Waals surface area contributed by atoms with Gasteiger partial charge < -0.3 is 10.0 Å². The van der Waals surface area contributed by atoms with Crippen molar-refractivity contribution in [2.24, 2.45) is 0 Å². The Morgan fingerprint density at radius 2 is 1.14 bits per heavy atom. The molecule has 1 N–H and O–H groups in total. The van der Waals surface area contributed by atoms with E-state index in [-0.39, 0.29) is 18.2 Å². The van der Waals surface area contributed by atoms with Crippen LogP contribution < -0.4 is 0 Å². The summed E-state index contributed by atoms with van der Waals surface area (Å²) in [5.41, 5.74) is 2.21. The van der Waals surface area contributed by atoms with Crippen LogP contribution in [0.2, 0.25) is 0 Å². The zero-order chi connectivity index (χ0) is 19.2. The Balaban J connectivity index is 0.00000392. The summed E-state index contributed by atoms with van der Waals surface area (Å²) >= 11 is 0. The molecule has 0 aromatic carbocycles. The Bertz CT molecular complexity index is 607. The number of hydrogen-bond acceptors (Lipinski definition) is 3. The molecule has 0 saturated carbocycles. The molecule has 0 aromatic heterocycles. The lowest BCUT2D eigenvalue weighted by molar-refractivity contribution is -0.110. The Morgan fingerprint density at radius 1 is 0.679 bits per heavy atom. The predicted molar refractivity (Wildman–Crippen MR) is 120 cm³/mol. The molecule has 4 heteroatoms. The van der Waals surface area contributed by atoms with E-state index in [9.17, 15) is 4.79 Å². The van der Waals surface area contributed by atoms with E-state index in [2.05, 4.69) is 35.5 Å². The average Bonchev–Trinajstić information content (AvgIpc) is 2.70. The van der Waals surface area contributed by atoms with Gasteiger partial charge in [0, 0.05) is 25.6 Å². The van der Waals surface area contributed by atoms with Crippen LogP contribution in [0, 0.1) is 0 Å². The molecule has 1 aliphatic carbocycles. The number of nitrogens with zero attached hydrogens (tertiary/aromatic N) is 1. The first-order valence-corrected chi connectivity index (χ1v) is 10.3. The van der Waals surface area contributed by atoms with Crippen LogP contribution in [0.15, 0.2) is 72.2 Å². The molecule has 0 aromatic rings. The van der Waals surface area contributed by atoms with Gasteiger partial charge in [0.2, 0.25) is 0 Å². The highest BCUT2D eigenvalue weighted by Crippen LogP contribution is 2.14. The van der Waals surface area contributed by atoms with E-state index < -0.39 is 0 Å². The van der Waals surface area contributed by atoms with Crippen molar-refractivity contribution in [3.05, 3.63) is 72.2 Å². The Hall–Kier alpha value is -1.84. The first-order valence-electron chi connectivity index (χ1n) is 10.3. The molecule has 1 aliphatic heterocycles. The van der Waals surface area contributed by atoms with Crippen molar-refractivity contribution >= 4 is 18.2 Å². The van der Waals surface area contributed by atoms with E-state index in [4.69, 9.17) is 5.11 Å². The number of hydrogen-bond donors (Lipinski definition) is 1. The summed E-state index contributed by atoms with van der Waals surface area (Å²) in [6, 6.07) is 0. The van der Waals surface area contributed by atoms with Gasteiger partial charge in [0.05, 0.1) is 0 Å². The van der Waals surface area contributed by atoms with E-state index in [0.717, 1.165) is 18.5 Å². The summed E-state index contributed by atoms with van der Waals surface area (Å²) in [7, 11) is 0. The monoisotopic (exact) mass is 403 g/mol. The maximum Gasteiger partial charge on any atom is 0.178 e. The minimum Gasteiger partial charge on any atom is -0.396 e. The van der Waals surface area contributed by atoms with Gasteiger partial charge in [-0.25, -0.2) is 0 Å². The van der Waals surface area contributed by atoms with Gasteiger partial charge in [0.25, 0.3) is 0 Å². The highest BCUT2D eigenvalue weighted by molar-refractivity contribution is 6.01. The van der Waals surface area contributed by atoms with Crippen LogP contribution in [0.3, 0.4) is 0 Å². The summed E-state index contributed by atoms with van der Waals surface area (Å²) in [5.74, 6) is 0.0472. The topological polar surface area (TPSA) is 40.5 Å². The lowest BCUT2D eigenvalue weighted by Crippen LogP contribution is -2.13. The molecule has 0 radical (unpaired) electrons. The smallest absolute Gasteiger partial charge is 0.178 e. The Kier molecular flexibility index (Phi) is 13.1. The first kappa shape index (κ1) is 24.2. The highest BCUT2D eigenvalue weighted by atomic mass is 35.5. The number of rotatable bonds is 12. The van der Waals surface area contributed by atoms with Gasteiger partial charge in [-0.15, -0.1) is 12.4 Å². The van der Waals surface area contributed by atoms with Crippen molar-refractivity contribution in [2.75, 3.05) is 13.2 Å². The number of aliphatic hydroxyl groups excluding tert-OH is 1. The normalized spacial score (nSPS) is 15.2. The van der Waals surface area contributed by atoms with E-state index in [1.165, 1.54) is 56.9 Å². The molecule has 0 saturated heterocycles. The number of halogens is 1. The second-order valence-electron chi connectivity index (χ2n) is 7.18. The minimum absolute atomic E-state index is 0. The molecule has 3 nitrogen and oxygen atoms in total. The maximum atomic E-state index is 11.1. The Labute approximate surface area is 176 Å². The fourth-order valence-electron chi connectivity index (χ4n) is 3.14. The van der Waals surface area contributed by atoms with Crippen molar-refractivity contribution in [1.29, 1.82) is 0 Å². The molecule has 0 amide bonds. The largest absolute Gasteiger partial charge is 0.396 e. The zero-order valence-electron chi connectivity index (χ0n) is 16.8. The first-order chi connectivity index (χ1) is 13.3. The third-order valence-electron chi connectivity index (χ3n) is 4.84. The van der Waals surface area contributed by atoms with Gasteiger partial charge >= 0.3 is 0 Å². The summed E-state index contributed by atoms with van der Waals surface area (Å²) in [4.78, 5) is 13.4. The molecule has 0 bridgehead atoms. The van der Waals surface area contributed by atoms with Gasteiger partial charge in [0.1, 0.15) is 0 Å². The van der Waals surface area contributed by atoms with Gasteiger partial charge in [-0.05, 0) is 48.3 Å². The van der Waals surface area contributed by atoms with Gasteiger partial charge in [-0.1, -0.05) is 69.2 Å². The second-order valence-corrected chi connectivity index (χ2v) is 7.18. The quantitative estimate of drug-likeness (QED) is 0.418. The summed E-state index contributed by atoms with van der Waals surface area (Å²) in [5, 5.41) is 8.74. The van der Waals surface area contributed by atoms with Crippen molar-refractivity contribution < 1.29 is 9.90 Å². The molecule has 154 valence electrons. The molecule has 1 heterocycles. The molecular formula is C24H34ClNO2. The van der Waals surface area contributed by atoms with Gasteiger partial charge in [0.15, 0.2) is 5.78 Å². The van der Waals surface area contributed by atoms with Crippen LogP contribution in [-0.2, 0) is 4.79 Å². The molecule has 28 heavy (non-hydrogen) atoms. The number of carbonyl (C=O) groups excluding carboxylic acids is 1. The van der Waals surface area contributed by atoms with E-state index in [1.54, 1.807) is 12.2 Å². The molecular weight excluding hydrogens is 370 g/mol. The second kappa shape index (κ2) is 15.1. The summed E-state index contributed by atoms with van der Waals surface area (Å²) in [6.07, 6.45) is 30.7. The number of allylic oxidation sites excluding steroid dienone is 10. The molecule has 2 aliphatic rings. The predicted octanol–water partition coefficient (Wildman–Crippen LogP) is 5.80. The fourth-order valence-corrected chi connectivity index (χ4v) is 3.14. The lowest BCUT2D eigenvalue weighted by Gasteiger charge is -2.18. The summed E-state index contributed by atoms with van der Waals surface area (Å²) in [6.45, 7) is 1.41. The number of unbranched alkanes of at least 4 members (excludes halogenated alkanes) is 8. The number of ketones is 1. The third-order valence-corrected chi connectivity index (χ3v) is 4.84. The molecule has 0 fully saturated rings. The minimum atomic E-state index is 0. The number of carbonyl (C=O) groups is 1. The van der Waals surface area contributed by atoms with Crippen LogP contribution in [-0.4, -0.2) is 28.9 Å². The zero-order valence-corrected chi connectivity index (χ0v) is 17.6. The van der Waals surface area contributed by atoms with Crippen molar-refractivity contribution in [2.45, 2.75) is 57.8 Å². The van der Waals surface area contributed by atoms with E-state index in [0.29, 0.717) is 6.61 Å². The summed E-state index contributed by atoms with van der Waals surface area (Å²) < 4.78 is 0. The van der Waals surface area contributed by atoms with Gasteiger partial charge in [-0.2, -0.15) is 0 Å². The average molecular weight is 404 g/mol. The standard InChI is InChI=1S/C24H33NO2.ClH/c26-21-9-7-5-3-1-2-4-6-8-18-25-19-16-23(17-20-25)11-10-22-12-14-24(27)15-13-22;/h10-17,19-20,26H,1-9,18,21H2;1H. The third kappa shape index (κ3) is 10.5. The SMILES string of the molecule is Cl.O=C1C=CC(=CC=C2C=CN(CCCCCCCCCCCO)C=C2)C=C1. The number of aliphatic hydroxyl groups is 1. The Morgan fingerprint density at radius 3 is 1.68 bits per heavy atom. The van der Waals surface area contributed by atoms with E-state index in [1.807, 2.05) is 18.2 Å². The van der Waals surface area contributed by atoms with E-state index >= 15 is 0 Å². The van der Waals surface area contributed by atoms with Crippen molar-refractivity contribution in [1.82, 2.24) is 4.90 Å². The highest BCUT2D eigenvalue weighted by Gasteiger charge is 2.01. The molecule has 2 rings (SSSR count). The molecule has 0 unspecified atom stereocenters. The molecule has 0 atom stereocenters. The van der Waals surface area contributed by atoms with Crippen LogP contribution in [0.1, 0.15) is 57.8 Å². The van der Waals surface area contributed by atoms with Gasteiger partial charge in [-0.3, -0.25) is 4.79 Å². The fraction of sp³-hybridized carbons (Fsp3) is 0.458. The molecule has 0 spiro atoms. The van der Waals surface area contributed by atoms with Crippen LogP contribution in [0.25, 0.3) is 0 Å². The van der Waals surface area contributed by atoms with Crippen molar-refractivity contribution in [3.63, 3.8) is 0 Å². The van der Waals surface area contributed by atoms with Crippen LogP contribution >= 0.6 is 12.4 Å². The van der Waals surface area contributed by atoms with Crippen LogP contribution in [0.4, 0.5) is 0 Å². The van der Waals surface area contributed by atoms with Crippen molar-refractivity contribution in [3.8, 4) is 0 Å². The lowest BCUT2D eigenvalue weighted by atomic mass is 10.1.